The van der Waals surface area contributed by atoms with Crippen molar-refractivity contribution in [3.8, 4) is 0 Å². The number of amides is 2. The van der Waals surface area contributed by atoms with Gasteiger partial charge >= 0.3 is 6.03 Å². The van der Waals surface area contributed by atoms with Gasteiger partial charge in [-0.3, -0.25) is 5.32 Å². The van der Waals surface area contributed by atoms with E-state index in [0.29, 0.717) is 11.7 Å². The van der Waals surface area contributed by atoms with E-state index in [2.05, 4.69) is 15.6 Å². The topological polar surface area (TPSA) is 54.0 Å². The number of carbonyl (C=O) groups is 1. The molecule has 1 aromatic heterocycles. The third kappa shape index (κ3) is 3.20. The molecule has 4 nitrogen and oxygen atoms in total. The van der Waals surface area contributed by atoms with Gasteiger partial charge in [0.1, 0.15) is 0 Å². The Morgan fingerprint density at radius 1 is 1.14 bits per heavy atom. The zero-order valence-electron chi connectivity index (χ0n) is 11.6. The molecule has 5 heteroatoms. The van der Waals surface area contributed by atoms with Crippen LogP contribution in [0.4, 0.5) is 9.93 Å². The highest BCUT2D eigenvalue weighted by Crippen LogP contribution is 2.25. The molecule has 0 saturated carbocycles. The molecule has 0 aliphatic carbocycles. The Morgan fingerprint density at radius 3 is 2.71 bits per heavy atom. The first-order chi connectivity index (χ1) is 10.2. The van der Waals surface area contributed by atoms with E-state index in [1.807, 2.05) is 55.5 Å². The van der Waals surface area contributed by atoms with Gasteiger partial charge in [-0.25, -0.2) is 9.78 Å². The van der Waals surface area contributed by atoms with Gasteiger partial charge in [0.2, 0.25) is 0 Å². The molecular formula is C16H15N3OS. The van der Waals surface area contributed by atoms with Gasteiger partial charge in [0, 0.05) is 6.54 Å². The predicted molar refractivity (Wildman–Crippen MR) is 86.7 cm³/mol. The average molecular weight is 297 g/mol. The van der Waals surface area contributed by atoms with Crippen LogP contribution in [0.5, 0.6) is 0 Å². The lowest BCUT2D eigenvalue weighted by molar-refractivity contribution is 0.251. The summed E-state index contributed by atoms with van der Waals surface area (Å²) in [7, 11) is 0. The Labute approximate surface area is 126 Å². The maximum Gasteiger partial charge on any atom is 0.321 e. The third-order valence-corrected chi connectivity index (χ3v) is 4.17. The Bertz CT molecular complexity index is 749. The number of benzene rings is 2. The van der Waals surface area contributed by atoms with Crippen molar-refractivity contribution in [1.82, 2.24) is 10.3 Å². The number of aryl methyl sites for hydroxylation is 1. The molecule has 0 bridgehead atoms. The lowest BCUT2D eigenvalue weighted by Crippen LogP contribution is -2.28. The fraction of sp³-hybridized carbons (Fsp3) is 0.125. The van der Waals surface area contributed by atoms with E-state index in [4.69, 9.17) is 0 Å². The Hall–Kier alpha value is -2.40. The van der Waals surface area contributed by atoms with Crippen LogP contribution < -0.4 is 10.6 Å². The summed E-state index contributed by atoms with van der Waals surface area (Å²) in [4.78, 5) is 16.3. The smallest absolute Gasteiger partial charge is 0.321 e. The number of thiazole rings is 1. The minimum Gasteiger partial charge on any atom is -0.334 e. The molecule has 0 aliphatic rings. The molecule has 2 amide bonds. The van der Waals surface area contributed by atoms with Crippen molar-refractivity contribution in [2.75, 3.05) is 5.32 Å². The second-order valence-electron chi connectivity index (χ2n) is 4.72. The van der Waals surface area contributed by atoms with Gasteiger partial charge in [0.15, 0.2) is 5.13 Å². The van der Waals surface area contributed by atoms with Crippen LogP contribution in [-0.2, 0) is 6.54 Å². The largest absolute Gasteiger partial charge is 0.334 e. The maximum atomic E-state index is 11.9. The minimum absolute atomic E-state index is 0.239. The second kappa shape index (κ2) is 5.93. The van der Waals surface area contributed by atoms with Crippen LogP contribution in [0.15, 0.2) is 48.5 Å². The lowest BCUT2D eigenvalue weighted by atomic mass is 10.1. The van der Waals surface area contributed by atoms with Crippen LogP contribution >= 0.6 is 11.3 Å². The quantitative estimate of drug-likeness (QED) is 0.769. The first kappa shape index (κ1) is 13.6. The SMILES string of the molecule is Cc1ccccc1CNC(=O)Nc1nc2ccccc2s1. The van der Waals surface area contributed by atoms with E-state index in [-0.39, 0.29) is 6.03 Å². The molecule has 0 atom stereocenters. The van der Waals surface area contributed by atoms with Crippen LogP contribution in [0, 0.1) is 6.92 Å². The number of hydrogen-bond acceptors (Lipinski definition) is 3. The lowest BCUT2D eigenvalue weighted by Gasteiger charge is -2.07. The number of urea groups is 1. The van der Waals surface area contributed by atoms with Crippen LogP contribution in [0.25, 0.3) is 10.2 Å². The zero-order valence-corrected chi connectivity index (χ0v) is 12.4. The van der Waals surface area contributed by atoms with Crippen LogP contribution in [0.3, 0.4) is 0 Å². The second-order valence-corrected chi connectivity index (χ2v) is 5.75. The van der Waals surface area contributed by atoms with E-state index >= 15 is 0 Å². The predicted octanol–water partition coefficient (Wildman–Crippen LogP) is 3.93. The number of anilines is 1. The normalized spacial score (nSPS) is 10.5. The summed E-state index contributed by atoms with van der Waals surface area (Å²) in [6, 6.07) is 15.6. The number of carbonyl (C=O) groups excluding carboxylic acids is 1. The van der Waals surface area contributed by atoms with Crippen LogP contribution in [0.1, 0.15) is 11.1 Å². The van der Waals surface area contributed by atoms with Gasteiger partial charge in [-0.05, 0) is 30.2 Å². The Morgan fingerprint density at radius 2 is 1.90 bits per heavy atom. The number of para-hydroxylation sites is 1. The van der Waals surface area contributed by atoms with Crippen molar-refractivity contribution in [3.05, 3.63) is 59.7 Å². The molecular weight excluding hydrogens is 282 g/mol. The number of aromatic nitrogens is 1. The van der Waals surface area contributed by atoms with Gasteiger partial charge in [-0.2, -0.15) is 0 Å². The molecule has 2 N–H and O–H groups in total. The molecule has 0 unspecified atom stereocenters. The number of nitrogens with one attached hydrogen (secondary N) is 2. The van der Waals surface area contributed by atoms with Crippen molar-refractivity contribution in [2.45, 2.75) is 13.5 Å². The van der Waals surface area contributed by atoms with Gasteiger partial charge < -0.3 is 5.32 Å². The summed E-state index contributed by atoms with van der Waals surface area (Å²) < 4.78 is 1.06. The van der Waals surface area contributed by atoms with Crippen LogP contribution in [0.2, 0.25) is 0 Å². The van der Waals surface area contributed by atoms with E-state index < -0.39 is 0 Å². The van der Waals surface area contributed by atoms with Gasteiger partial charge in [-0.15, -0.1) is 0 Å². The molecule has 0 saturated heterocycles. The van der Waals surface area contributed by atoms with Crippen molar-refractivity contribution in [2.24, 2.45) is 0 Å². The molecule has 2 aromatic carbocycles. The molecule has 1 heterocycles. The summed E-state index contributed by atoms with van der Waals surface area (Å²) in [6.45, 7) is 2.53. The average Bonchev–Trinajstić information content (AvgIpc) is 2.88. The summed E-state index contributed by atoms with van der Waals surface area (Å²) in [6.07, 6.45) is 0. The first-order valence-electron chi connectivity index (χ1n) is 6.67. The molecule has 106 valence electrons. The summed E-state index contributed by atoms with van der Waals surface area (Å²) in [5, 5.41) is 6.24. The standard InChI is InChI=1S/C16H15N3OS/c1-11-6-2-3-7-12(11)10-17-15(20)19-16-18-13-8-4-5-9-14(13)21-16/h2-9H,10H2,1H3,(H2,17,18,19,20). The molecule has 0 fully saturated rings. The highest BCUT2D eigenvalue weighted by molar-refractivity contribution is 7.22. The first-order valence-corrected chi connectivity index (χ1v) is 7.49. The Balaban J connectivity index is 1.62. The molecule has 0 spiro atoms. The number of nitrogens with zero attached hydrogens (tertiary/aromatic N) is 1. The highest BCUT2D eigenvalue weighted by atomic mass is 32.1. The number of hydrogen-bond donors (Lipinski definition) is 2. The molecule has 0 radical (unpaired) electrons. The van der Waals surface area contributed by atoms with E-state index in [0.717, 1.165) is 21.3 Å². The summed E-state index contributed by atoms with van der Waals surface area (Å²) in [5.41, 5.74) is 3.17. The van der Waals surface area contributed by atoms with E-state index in [9.17, 15) is 4.79 Å². The number of fused-ring (bicyclic) bond motifs is 1. The Kier molecular flexibility index (Phi) is 3.83. The third-order valence-electron chi connectivity index (χ3n) is 3.21. The van der Waals surface area contributed by atoms with E-state index in [1.165, 1.54) is 11.3 Å². The maximum absolute atomic E-state index is 11.9. The number of rotatable bonds is 3. The fourth-order valence-corrected chi connectivity index (χ4v) is 2.91. The van der Waals surface area contributed by atoms with Gasteiger partial charge in [-0.1, -0.05) is 47.7 Å². The van der Waals surface area contributed by atoms with Crippen molar-refractivity contribution in [3.63, 3.8) is 0 Å². The molecule has 21 heavy (non-hydrogen) atoms. The molecule has 3 aromatic rings. The van der Waals surface area contributed by atoms with Crippen molar-refractivity contribution in [1.29, 1.82) is 0 Å². The van der Waals surface area contributed by atoms with Crippen molar-refractivity contribution >= 4 is 32.7 Å². The van der Waals surface area contributed by atoms with Crippen LogP contribution in [-0.4, -0.2) is 11.0 Å². The monoisotopic (exact) mass is 297 g/mol. The van der Waals surface area contributed by atoms with Gasteiger partial charge in [0.05, 0.1) is 10.2 Å². The fourth-order valence-electron chi connectivity index (χ4n) is 2.05. The summed E-state index contributed by atoms with van der Waals surface area (Å²) >= 11 is 1.47. The molecule has 3 rings (SSSR count). The minimum atomic E-state index is -0.239. The zero-order chi connectivity index (χ0) is 14.7. The molecule has 0 aliphatic heterocycles. The summed E-state index contributed by atoms with van der Waals surface area (Å²) in [5.74, 6) is 0. The van der Waals surface area contributed by atoms with Gasteiger partial charge in [0.25, 0.3) is 0 Å². The highest BCUT2D eigenvalue weighted by Gasteiger charge is 2.07. The van der Waals surface area contributed by atoms with E-state index in [1.54, 1.807) is 0 Å². The van der Waals surface area contributed by atoms with Crippen molar-refractivity contribution < 1.29 is 4.79 Å².